The zero-order valence-corrected chi connectivity index (χ0v) is 10.00. The van der Waals surface area contributed by atoms with Crippen molar-refractivity contribution in [2.24, 2.45) is 17.6 Å². The van der Waals surface area contributed by atoms with Crippen LogP contribution in [0.25, 0.3) is 0 Å². The second-order valence-corrected chi connectivity index (χ2v) is 4.75. The zero-order chi connectivity index (χ0) is 10.6. The third kappa shape index (κ3) is 2.71. The average molecular weight is 198 g/mol. The van der Waals surface area contributed by atoms with Crippen LogP contribution in [0.3, 0.4) is 0 Å². The van der Waals surface area contributed by atoms with Crippen molar-refractivity contribution in [2.45, 2.75) is 46.1 Å². The van der Waals surface area contributed by atoms with Gasteiger partial charge in [-0.3, -0.25) is 4.90 Å². The highest BCUT2D eigenvalue weighted by Gasteiger charge is 2.30. The monoisotopic (exact) mass is 198 g/mol. The molecule has 14 heavy (non-hydrogen) atoms. The second kappa shape index (κ2) is 5.72. The van der Waals surface area contributed by atoms with Gasteiger partial charge in [-0.05, 0) is 24.8 Å². The molecule has 2 unspecified atom stereocenters. The van der Waals surface area contributed by atoms with Crippen molar-refractivity contribution in [3.63, 3.8) is 0 Å². The minimum Gasteiger partial charge on any atom is -0.329 e. The zero-order valence-electron chi connectivity index (χ0n) is 10.00. The molecule has 0 bridgehead atoms. The van der Waals surface area contributed by atoms with Gasteiger partial charge in [0.1, 0.15) is 0 Å². The van der Waals surface area contributed by atoms with E-state index in [2.05, 4.69) is 25.7 Å². The Morgan fingerprint density at radius 1 is 1.36 bits per heavy atom. The Bertz CT molecular complexity index is 154. The highest BCUT2D eigenvalue weighted by atomic mass is 15.2. The maximum absolute atomic E-state index is 5.83. The Morgan fingerprint density at radius 3 is 2.50 bits per heavy atom. The maximum atomic E-state index is 5.83. The van der Waals surface area contributed by atoms with Crippen LogP contribution in [0.5, 0.6) is 0 Å². The fraction of sp³-hybridized carbons (Fsp3) is 1.00. The maximum Gasteiger partial charge on any atom is 0.0244 e. The van der Waals surface area contributed by atoms with Crippen LogP contribution in [0.15, 0.2) is 0 Å². The number of hydrogen-bond acceptors (Lipinski definition) is 2. The number of hydrogen-bond donors (Lipinski definition) is 1. The van der Waals surface area contributed by atoms with E-state index in [9.17, 15) is 0 Å². The lowest BCUT2D eigenvalue weighted by atomic mass is 10.0. The van der Waals surface area contributed by atoms with Gasteiger partial charge in [-0.2, -0.15) is 0 Å². The molecule has 0 aliphatic carbocycles. The van der Waals surface area contributed by atoms with Gasteiger partial charge in [0.25, 0.3) is 0 Å². The summed E-state index contributed by atoms with van der Waals surface area (Å²) in [7, 11) is 0. The number of rotatable bonds is 5. The molecule has 0 aromatic heterocycles. The van der Waals surface area contributed by atoms with Gasteiger partial charge in [-0.25, -0.2) is 0 Å². The summed E-state index contributed by atoms with van der Waals surface area (Å²) in [6.45, 7) is 10.3. The predicted molar refractivity (Wildman–Crippen MR) is 62.3 cm³/mol. The second-order valence-electron chi connectivity index (χ2n) is 4.75. The van der Waals surface area contributed by atoms with Crippen LogP contribution < -0.4 is 5.73 Å². The Hall–Kier alpha value is -0.0800. The molecule has 0 saturated carbocycles. The van der Waals surface area contributed by atoms with Crippen LogP contribution in [-0.4, -0.2) is 30.6 Å². The van der Waals surface area contributed by atoms with E-state index >= 15 is 0 Å². The highest BCUT2D eigenvalue weighted by molar-refractivity contribution is 4.86. The molecular formula is C12H26N2. The Labute approximate surface area is 88.8 Å². The topological polar surface area (TPSA) is 29.3 Å². The minimum absolute atomic E-state index is 0.649. The fourth-order valence-corrected chi connectivity index (χ4v) is 2.57. The number of likely N-dealkylation sites (tertiary alicyclic amines) is 1. The van der Waals surface area contributed by atoms with E-state index in [4.69, 9.17) is 5.73 Å². The SMILES string of the molecule is CCC(CC)CN1CCC(C)C1CN. The van der Waals surface area contributed by atoms with E-state index < -0.39 is 0 Å². The van der Waals surface area contributed by atoms with Crippen molar-refractivity contribution in [1.82, 2.24) is 4.90 Å². The van der Waals surface area contributed by atoms with E-state index in [-0.39, 0.29) is 0 Å². The van der Waals surface area contributed by atoms with Crippen molar-refractivity contribution >= 4 is 0 Å². The summed E-state index contributed by atoms with van der Waals surface area (Å²) in [6, 6.07) is 0.649. The summed E-state index contributed by atoms with van der Waals surface area (Å²) in [5.41, 5.74) is 5.83. The molecule has 1 saturated heterocycles. The third-order valence-electron chi connectivity index (χ3n) is 3.89. The first-order valence-corrected chi connectivity index (χ1v) is 6.17. The third-order valence-corrected chi connectivity index (χ3v) is 3.89. The predicted octanol–water partition coefficient (Wildman–Crippen LogP) is 2.09. The van der Waals surface area contributed by atoms with E-state index in [0.717, 1.165) is 18.4 Å². The van der Waals surface area contributed by atoms with Crippen molar-refractivity contribution in [3.8, 4) is 0 Å². The molecule has 0 aromatic rings. The van der Waals surface area contributed by atoms with Crippen LogP contribution in [0.4, 0.5) is 0 Å². The van der Waals surface area contributed by atoms with Gasteiger partial charge in [0, 0.05) is 19.1 Å². The molecule has 1 rings (SSSR count). The van der Waals surface area contributed by atoms with Gasteiger partial charge in [0.2, 0.25) is 0 Å². The largest absolute Gasteiger partial charge is 0.329 e. The summed E-state index contributed by atoms with van der Waals surface area (Å²) < 4.78 is 0. The normalized spacial score (nSPS) is 28.9. The van der Waals surface area contributed by atoms with E-state index in [0.29, 0.717) is 6.04 Å². The standard InChI is InChI=1S/C12H26N2/c1-4-11(5-2)9-14-7-6-10(3)12(14)8-13/h10-12H,4-9,13H2,1-3H3. The Balaban J connectivity index is 2.43. The van der Waals surface area contributed by atoms with Crippen molar-refractivity contribution in [1.29, 1.82) is 0 Å². The van der Waals surface area contributed by atoms with Gasteiger partial charge >= 0.3 is 0 Å². The van der Waals surface area contributed by atoms with Crippen LogP contribution in [0.2, 0.25) is 0 Å². The van der Waals surface area contributed by atoms with Crippen LogP contribution in [0, 0.1) is 11.8 Å². The summed E-state index contributed by atoms with van der Waals surface area (Å²) in [5.74, 6) is 1.67. The molecule has 1 fully saturated rings. The molecule has 2 heteroatoms. The van der Waals surface area contributed by atoms with Crippen molar-refractivity contribution < 1.29 is 0 Å². The Kier molecular flexibility index (Phi) is 4.90. The average Bonchev–Trinajstić information content (AvgIpc) is 2.55. The van der Waals surface area contributed by atoms with Crippen LogP contribution in [-0.2, 0) is 0 Å². The molecule has 0 aromatic carbocycles. The molecule has 2 atom stereocenters. The molecule has 1 aliphatic rings. The lowest BCUT2D eigenvalue weighted by Gasteiger charge is -2.28. The van der Waals surface area contributed by atoms with Gasteiger partial charge in [-0.1, -0.05) is 33.6 Å². The molecule has 0 radical (unpaired) electrons. The summed E-state index contributed by atoms with van der Waals surface area (Å²) in [6.07, 6.45) is 3.94. The van der Waals surface area contributed by atoms with Crippen molar-refractivity contribution in [3.05, 3.63) is 0 Å². The smallest absolute Gasteiger partial charge is 0.0244 e. The van der Waals surface area contributed by atoms with E-state index in [1.54, 1.807) is 0 Å². The Morgan fingerprint density at radius 2 is 2.00 bits per heavy atom. The molecule has 1 aliphatic heterocycles. The summed E-state index contributed by atoms with van der Waals surface area (Å²) >= 11 is 0. The summed E-state index contributed by atoms with van der Waals surface area (Å²) in [4.78, 5) is 2.61. The van der Waals surface area contributed by atoms with Gasteiger partial charge < -0.3 is 5.73 Å². The molecule has 0 amide bonds. The first-order valence-electron chi connectivity index (χ1n) is 6.17. The lowest BCUT2D eigenvalue weighted by Crippen LogP contribution is -2.40. The van der Waals surface area contributed by atoms with Crippen molar-refractivity contribution in [2.75, 3.05) is 19.6 Å². The summed E-state index contributed by atoms with van der Waals surface area (Å²) in [5, 5.41) is 0. The van der Waals surface area contributed by atoms with Gasteiger partial charge in [0.15, 0.2) is 0 Å². The van der Waals surface area contributed by atoms with Crippen LogP contribution in [0.1, 0.15) is 40.0 Å². The molecule has 2 N–H and O–H groups in total. The molecule has 0 spiro atoms. The molecular weight excluding hydrogens is 172 g/mol. The highest BCUT2D eigenvalue weighted by Crippen LogP contribution is 2.25. The van der Waals surface area contributed by atoms with E-state index in [1.807, 2.05) is 0 Å². The van der Waals surface area contributed by atoms with Gasteiger partial charge in [-0.15, -0.1) is 0 Å². The lowest BCUT2D eigenvalue weighted by molar-refractivity contribution is 0.196. The number of nitrogens with two attached hydrogens (primary N) is 1. The minimum atomic E-state index is 0.649. The first kappa shape index (κ1) is 12.0. The quantitative estimate of drug-likeness (QED) is 0.733. The number of nitrogens with zero attached hydrogens (tertiary/aromatic N) is 1. The van der Waals surface area contributed by atoms with E-state index in [1.165, 1.54) is 32.4 Å². The molecule has 84 valence electrons. The van der Waals surface area contributed by atoms with Crippen LogP contribution >= 0.6 is 0 Å². The van der Waals surface area contributed by atoms with Gasteiger partial charge in [0.05, 0.1) is 0 Å². The molecule has 1 heterocycles. The molecule has 2 nitrogen and oxygen atoms in total. The first-order chi connectivity index (χ1) is 6.72. The fourth-order valence-electron chi connectivity index (χ4n) is 2.57.